The second-order valence-electron chi connectivity index (χ2n) is 5.19. The standard InChI is InChI=1S/C17H17ClN2O5S/c1-2-20(12-6-4-3-5-7-12)26(23,24)13-8-9-15(18)14(10-13)17(22)25-11-16(19)21/h3-10H,2,11H2,1H3,(H2,19,21). The molecule has 0 saturated carbocycles. The van der Waals surface area contributed by atoms with Gasteiger partial charge in [-0.1, -0.05) is 29.8 Å². The van der Waals surface area contributed by atoms with Crippen LogP contribution in [0, 0.1) is 0 Å². The molecular weight excluding hydrogens is 380 g/mol. The van der Waals surface area contributed by atoms with E-state index in [0.29, 0.717) is 5.69 Å². The van der Waals surface area contributed by atoms with Crippen LogP contribution in [0.2, 0.25) is 5.02 Å². The molecule has 2 rings (SSSR count). The highest BCUT2D eigenvalue weighted by Crippen LogP contribution is 2.27. The zero-order valence-corrected chi connectivity index (χ0v) is 15.5. The average molecular weight is 397 g/mol. The normalized spacial score (nSPS) is 11.0. The monoisotopic (exact) mass is 396 g/mol. The van der Waals surface area contributed by atoms with Crippen LogP contribution in [-0.2, 0) is 19.6 Å². The number of nitrogens with zero attached hydrogens (tertiary/aromatic N) is 1. The van der Waals surface area contributed by atoms with Gasteiger partial charge in [0, 0.05) is 6.54 Å². The van der Waals surface area contributed by atoms with E-state index in [9.17, 15) is 18.0 Å². The Hall–Kier alpha value is -2.58. The Balaban J connectivity index is 2.42. The summed E-state index contributed by atoms with van der Waals surface area (Å²) in [5, 5.41) is 0.00109. The molecule has 0 aromatic heterocycles. The van der Waals surface area contributed by atoms with Gasteiger partial charge in [0.05, 0.1) is 21.2 Å². The first-order valence-corrected chi connectivity index (χ1v) is 9.42. The molecule has 0 spiro atoms. The summed E-state index contributed by atoms with van der Waals surface area (Å²) in [4.78, 5) is 22.7. The smallest absolute Gasteiger partial charge is 0.340 e. The Morgan fingerprint density at radius 3 is 2.38 bits per heavy atom. The van der Waals surface area contributed by atoms with E-state index >= 15 is 0 Å². The van der Waals surface area contributed by atoms with Gasteiger partial charge in [-0.2, -0.15) is 0 Å². The number of sulfonamides is 1. The molecule has 2 N–H and O–H groups in total. The first-order valence-electron chi connectivity index (χ1n) is 7.60. The lowest BCUT2D eigenvalue weighted by atomic mass is 10.2. The van der Waals surface area contributed by atoms with Crippen molar-refractivity contribution in [3.05, 3.63) is 59.1 Å². The summed E-state index contributed by atoms with van der Waals surface area (Å²) >= 11 is 5.96. The van der Waals surface area contributed by atoms with Crippen molar-refractivity contribution >= 4 is 39.2 Å². The quantitative estimate of drug-likeness (QED) is 0.722. The molecule has 26 heavy (non-hydrogen) atoms. The molecule has 0 bridgehead atoms. The summed E-state index contributed by atoms with van der Waals surface area (Å²) in [5.41, 5.74) is 5.25. The van der Waals surface area contributed by atoms with Crippen molar-refractivity contribution in [2.45, 2.75) is 11.8 Å². The van der Waals surface area contributed by atoms with Crippen LogP contribution in [0.5, 0.6) is 0 Å². The molecule has 138 valence electrons. The van der Waals surface area contributed by atoms with E-state index in [2.05, 4.69) is 0 Å². The molecular formula is C17H17ClN2O5S. The number of carbonyl (C=O) groups excluding carboxylic acids is 2. The molecule has 0 fully saturated rings. The maximum absolute atomic E-state index is 13.0. The lowest BCUT2D eigenvalue weighted by molar-refractivity contribution is -0.121. The SMILES string of the molecule is CCN(c1ccccc1)S(=O)(=O)c1ccc(Cl)c(C(=O)OCC(N)=O)c1. The minimum Gasteiger partial charge on any atom is -0.452 e. The number of amides is 1. The van der Waals surface area contributed by atoms with Crippen LogP contribution in [0.3, 0.4) is 0 Å². The molecule has 1 amide bonds. The summed E-state index contributed by atoms with van der Waals surface area (Å²) in [6, 6.07) is 12.3. The van der Waals surface area contributed by atoms with Crippen LogP contribution >= 0.6 is 11.6 Å². The van der Waals surface area contributed by atoms with Gasteiger partial charge in [0.25, 0.3) is 15.9 Å². The van der Waals surface area contributed by atoms with E-state index < -0.39 is 28.5 Å². The van der Waals surface area contributed by atoms with Crippen molar-refractivity contribution in [1.82, 2.24) is 0 Å². The van der Waals surface area contributed by atoms with Crippen LogP contribution < -0.4 is 10.0 Å². The summed E-state index contributed by atoms with van der Waals surface area (Å²) < 4.78 is 31.9. The third kappa shape index (κ3) is 4.33. The fourth-order valence-corrected chi connectivity index (χ4v) is 3.94. The van der Waals surface area contributed by atoms with Gasteiger partial charge in [0.1, 0.15) is 0 Å². The largest absolute Gasteiger partial charge is 0.452 e. The van der Waals surface area contributed by atoms with Gasteiger partial charge < -0.3 is 10.5 Å². The summed E-state index contributed by atoms with van der Waals surface area (Å²) in [7, 11) is -3.93. The lowest BCUT2D eigenvalue weighted by Crippen LogP contribution is -2.31. The molecule has 7 nitrogen and oxygen atoms in total. The number of ether oxygens (including phenoxy) is 1. The van der Waals surface area contributed by atoms with Gasteiger partial charge in [-0.05, 0) is 37.3 Å². The van der Waals surface area contributed by atoms with Crippen LogP contribution in [0.1, 0.15) is 17.3 Å². The number of benzene rings is 2. The minimum atomic E-state index is -3.93. The number of halogens is 1. The highest BCUT2D eigenvalue weighted by atomic mass is 35.5. The number of anilines is 1. The highest BCUT2D eigenvalue weighted by molar-refractivity contribution is 7.92. The second-order valence-corrected chi connectivity index (χ2v) is 7.46. The molecule has 2 aromatic rings. The molecule has 0 atom stereocenters. The van der Waals surface area contributed by atoms with Crippen molar-refractivity contribution in [2.24, 2.45) is 5.73 Å². The zero-order chi connectivity index (χ0) is 19.3. The number of hydrogen-bond acceptors (Lipinski definition) is 5. The fourth-order valence-electron chi connectivity index (χ4n) is 2.25. The van der Waals surface area contributed by atoms with Crippen LogP contribution in [0.25, 0.3) is 0 Å². The Kier molecular flexibility index (Phi) is 6.23. The van der Waals surface area contributed by atoms with Crippen molar-refractivity contribution in [3.8, 4) is 0 Å². The van der Waals surface area contributed by atoms with Crippen molar-refractivity contribution < 1.29 is 22.7 Å². The summed E-state index contributed by atoms with van der Waals surface area (Å²) in [6.07, 6.45) is 0. The minimum absolute atomic E-state index is 0.00109. The highest BCUT2D eigenvalue weighted by Gasteiger charge is 2.26. The van der Waals surface area contributed by atoms with E-state index in [4.69, 9.17) is 22.1 Å². The van der Waals surface area contributed by atoms with Crippen molar-refractivity contribution in [2.75, 3.05) is 17.5 Å². The van der Waals surface area contributed by atoms with E-state index in [1.807, 2.05) is 0 Å². The number of nitrogens with two attached hydrogens (primary N) is 1. The maximum atomic E-state index is 13.0. The Morgan fingerprint density at radius 2 is 1.81 bits per heavy atom. The molecule has 0 unspecified atom stereocenters. The Morgan fingerprint density at radius 1 is 1.15 bits per heavy atom. The van der Waals surface area contributed by atoms with Crippen LogP contribution in [-0.4, -0.2) is 33.4 Å². The third-order valence-corrected chi connectivity index (χ3v) is 5.65. The van der Waals surface area contributed by atoms with Crippen LogP contribution in [0.4, 0.5) is 5.69 Å². The number of rotatable bonds is 7. The van der Waals surface area contributed by atoms with Gasteiger partial charge in [-0.15, -0.1) is 0 Å². The van der Waals surface area contributed by atoms with Gasteiger partial charge in [0.15, 0.2) is 6.61 Å². The van der Waals surface area contributed by atoms with E-state index in [1.54, 1.807) is 37.3 Å². The van der Waals surface area contributed by atoms with Gasteiger partial charge in [-0.25, -0.2) is 13.2 Å². The Labute approximate surface area is 156 Å². The van der Waals surface area contributed by atoms with E-state index in [1.165, 1.54) is 16.4 Å². The van der Waals surface area contributed by atoms with Crippen LogP contribution in [0.15, 0.2) is 53.4 Å². The van der Waals surface area contributed by atoms with Gasteiger partial charge >= 0.3 is 5.97 Å². The first kappa shape index (κ1) is 19.7. The average Bonchev–Trinajstić information content (AvgIpc) is 2.61. The predicted octanol–water partition coefficient (Wildman–Crippen LogP) is 2.20. The zero-order valence-electron chi connectivity index (χ0n) is 13.9. The third-order valence-electron chi connectivity index (χ3n) is 3.42. The van der Waals surface area contributed by atoms with E-state index in [-0.39, 0.29) is 22.0 Å². The maximum Gasteiger partial charge on any atom is 0.340 e. The number of esters is 1. The Bertz CT molecular complexity index is 916. The molecule has 0 saturated heterocycles. The van der Waals surface area contributed by atoms with E-state index in [0.717, 1.165) is 6.07 Å². The van der Waals surface area contributed by atoms with Gasteiger partial charge in [0.2, 0.25) is 0 Å². The molecule has 0 aliphatic rings. The fraction of sp³-hybridized carbons (Fsp3) is 0.176. The predicted molar refractivity (Wildman–Crippen MR) is 97.6 cm³/mol. The summed E-state index contributed by atoms with van der Waals surface area (Å²) in [5.74, 6) is -1.77. The summed E-state index contributed by atoms with van der Waals surface area (Å²) in [6.45, 7) is 1.26. The number of para-hydroxylation sites is 1. The molecule has 0 heterocycles. The van der Waals surface area contributed by atoms with Crippen molar-refractivity contribution in [1.29, 1.82) is 0 Å². The molecule has 0 radical (unpaired) electrons. The lowest BCUT2D eigenvalue weighted by Gasteiger charge is -2.23. The number of carbonyl (C=O) groups is 2. The molecule has 0 aliphatic carbocycles. The van der Waals surface area contributed by atoms with Gasteiger partial charge in [-0.3, -0.25) is 9.10 Å². The second kappa shape index (κ2) is 8.20. The molecule has 0 aliphatic heterocycles. The molecule has 2 aromatic carbocycles. The van der Waals surface area contributed by atoms with Crippen molar-refractivity contribution in [3.63, 3.8) is 0 Å². The topological polar surface area (TPSA) is 107 Å². The molecule has 9 heteroatoms. The first-order chi connectivity index (χ1) is 12.3. The number of hydrogen-bond donors (Lipinski definition) is 1. The number of primary amides is 1.